The number of benzene rings is 1. The van der Waals surface area contributed by atoms with Gasteiger partial charge in [-0.15, -0.1) is 27.8 Å². The van der Waals surface area contributed by atoms with Crippen molar-refractivity contribution < 1.29 is 4.79 Å². The Balaban J connectivity index is 1.58. The minimum Gasteiger partial charge on any atom is -0.329 e. The average Bonchev–Trinajstić information content (AvgIpc) is 3.58. The monoisotopic (exact) mass is 433 g/mol. The molecule has 0 saturated carbocycles. The maximum absolute atomic E-state index is 13.8. The van der Waals surface area contributed by atoms with Crippen molar-refractivity contribution in [3.8, 4) is 11.4 Å². The maximum atomic E-state index is 13.8. The summed E-state index contributed by atoms with van der Waals surface area (Å²) in [5.74, 6) is 0.502. The van der Waals surface area contributed by atoms with E-state index in [0.717, 1.165) is 29.8 Å². The van der Waals surface area contributed by atoms with Gasteiger partial charge in [0.05, 0.1) is 6.04 Å². The van der Waals surface area contributed by atoms with Crippen LogP contribution in [0, 0.1) is 0 Å². The summed E-state index contributed by atoms with van der Waals surface area (Å²) in [5.41, 5.74) is 1.33. The molecule has 0 radical (unpaired) electrons. The molecule has 1 unspecified atom stereocenters. The number of thiophene rings is 2. The number of nitrogens with zero attached hydrogens (tertiary/aromatic N) is 5. The number of hydrogen-bond donors (Lipinski definition) is 0. The van der Waals surface area contributed by atoms with Gasteiger partial charge in [0.1, 0.15) is 5.70 Å². The van der Waals surface area contributed by atoms with Crippen molar-refractivity contribution in [2.24, 2.45) is 0 Å². The van der Waals surface area contributed by atoms with Crippen LogP contribution in [0.25, 0.3) is 23.2 Å². The number of carbonyl (C=O) groups excluding carboxylic acids is 1. The molecule has 3 aromatic heterocycles. The highest BCUT2D eigenvalue weighted by Crippen LogP contribution is 2.36. The van der Waals surface area contributed by atoms with E-state index in [4.69, 9.17) is 0 Å². The van der Waals surface area contributed by atoms with Crippen molar-refractivity contribution in [2.45, 2.75) is 18.9 Å². The van der Waals surface area contributed by atoms with Gasteiger partial charge in [0.2, 0.25) is 0 Å². The smallest absolute Gasteiger partial charge is 0.273 e. The van der Waals surface area contributed by atoms with Gasteiger partial charge in [-0.05, 0) is 52.2 Å². The highest BCUT2D eigenvalue weighted by atomic mass is 32.1. The molecule has 4 heterocycles. The molecule has 5 rings (SSSR count). The van der Waals surface area contributed by atoms with Gasteiger partial charge in [-0.1, -0.05) is 42.5 Å². The van der Waals surface area contributed by atoms with E-state index in [0.29, 0.717) is 11.5 Å². The Hall–Kier alpha value is -3.10. The Morgan fingerprint density at radius 1 is 1.03 bits per heavy atom. The first-order chi connectivity index (χ1) is 14.8. The molecule has 1 amide bonds. The highest BCUT2D eigenvalue weighted by Gasteiger charge is 2.34. The number of hydrogen-bond acceptors (Lipinski definition) is 6. The van der Waals surface area contributed by atoms with E-state index in [9.17, 15) is 4.79 Å². The zero-order valence-electron chi connectivity index (χ0n) is 16.1. The summed E-state index contributed by atoms with van der Waals surface area (Å²) in [6, 6.07) is 17.9. The first-order valence-electron chi connectivity index (χ1n) is 9.75. The van der Waals surface area contributed by atoms with Crippen molar-refractivity contribution in [2.75, 3.05) is 6.54 Å². The molecule has 1 fully saturated rings. The number of amides is 1. The highest BCUT2D eigenvalue weighted by molar-refractivity contribution is 7.11. The molecule has 6 nitrogen and oxygen atoms in total. The Morgan fingerprint density at radius 3 is 2.63 bits per heavy atom. The summed E-state index contributed by atoms with van der Waals surface area (Å²) < 4.78 is 1.57. The zero-order valence-corrected chi connectivity index (χ0v) is 17.7. The molecule has 1 aromatic carbocycles. The van der Waals surface area contributed by atoms with Crippen molar-refractivity contribution in [1.82, 2.24) is 25.1 Å². The lowest BCUT2D eigenvalue weighted by atomic mass is 10.1. The molecular formula is C22H19N5OS2. The molecule has 30 heavy (non-hydrogen) atoms. The molecule has 1 atom stereocenters. The van der Waals surface area contributed by atoms with E-state index in [1.54, 1.807) is 27.4 Å². The molecule has 1 aliphatic rings. The van der Waals surface area contributed by atoms with Crippen molar-refractivity contribution >= 4 is 40.4 Å². The van der Waals surface area contributed by atoms with Crippen LogP contribution in [0.4, 0.5) is 0 Å². The van der Waals surface area contributed by atoms with E-state index in [1.807, 2.05) is 64.9 Å². The third-order valence-electron chi connectivity index (χ3n) is 5.16. The SMILES string of the molecule is O=C(/C(=C\c1cccs1)n1nnnc1-c1ccccc1)N1CCCC1c1cccs1. The normalized spacial score (nSPS) is 16.9. The fraction of sp³-hybridized carbons (Fsp3) is 0.182. The summed E-state index contributed by atoms with van der Waals surface area (Å²) >= 11 is 3.28. The van der Waals surface area contributed by atoms with Gasteiger partial charge in [-0.3, -0.25) is 4.79 Å². The van der Waals surface area contributed by atoms with Crippen LogP contribution in [0.2, 0.25) is 0 Å². The minimum absolute atomic E-state index is 0.0521. The largest absolute Gasteiger partial charge is 0.329 e. The van der Waals surface area contributed by atoms with Crippen LogP contribution in [0.1, 0.15) is 28.6 Å². The number of tetrazole rings is 1. The molecule has 8 heteroatoms. The molecule has 150 valence electrons. The minimum atomic E-state index is -0.0521. The molecule has 0 spiro atoms. The van der Waals surface area contributed by atoms with E-state index in [-0.39, 0.29) is 11.9 Å². The van der Waals surface area contributed by atoms with E-state index < -0.39 is 0 Å². The quantitative estimate of drug-likeness (QED) is 0.423. The Morgan fingerprint density at radius 2 is 1.87 bits per heavy atom. The molecule has 4 aromatic rings. The summed E-state index contributed by atoms with van der Waals surface area (Å²) in [6.07, 6.45) is 3.85. The molecule has 1 aliphatic heterocycles. The van der Waals surface area contributed by atoms with Gasteiger partial charge < -0.3 is 4.90 Å². The number of aromatic nitrogens is 4. The first kappa shape index (κ1) is 18.9. The Bertz CT molecular complexity index is 1150. The van der Waals surface area contributed by atoms with Gasteiger partial charge in [-0.2, -0.15) is 4.68 Å². The van der Waals surface area contributed by atoms with Crippen LogP contribution in [0.15, 0.2) is 65.4 Å². The van der Waals surface area contributed by atoms with E-state index >= 15 is 0 Å². The number of rotatable bonds is 5. The fourth-order valence-electron chi connectivity index (χ4n) is 3.77. The predicted octanol–water partition coefficient (Wildman–Crippen LogP) is 4.82. The zero-order chi connectivity index (χ0) is 20.3. The predicted molar refractivity (Wildman–Crippen MR) is 120 cm³/mol. The molecule has 0 aliphatic carbocycles. The van der Waals surface area contributed by atoms with Gasteiger partial charge in [0.25, 0.3) is 5.91 Å². The summed E-state index contributed by atoms with van der Waals surface area (Å²) in [7, 11) is 0. The van der Waals surface area contributed by atoms with E-state index in [2.05, 4.69) is 27.0 Å². The fourth-order valence-corrected chi connectivity index (χ4v) is 5.30. The van der Waals surface area contributed by atoms with Crippen molar-refractivity contribution in [1.29, 1.82) is 0 Å². The second-order valence-corrected chi connectivity index (χ2v) is 8.96. The van der Waals surface area contributed by atoms with Gasteiger partial charge in [0, 0.05) is 21.9 Å². The molecule has 0 N–H and O–H groups in total. The lowest BCUT2D eigenvalue weighted by molar-refractivity contribution is -0.126. The molecular weight excluding hydrogens is 414 g/mol. The van der Waals surface area contributed by atoms with Crippen LogP contribution in [0.3, 0.4) is 0 Å². The van der Waals surface area contributed by atoms with Gasteiger partial charge >= 0.3 is 0 Å². The average molecular weight is 434 g/mol. The molecule has 0 bridgehead atoms. The Kier molecular flexibility index (Phi) is 5.25. The van der Waals surface area contributed by atoms with E-state index in [1.165, 1.54) is 4.88 Å². The summed E-state index contributed by atoms with van der Waals surface area (Å²) in [5, 5.41) is 16.4. The van der Waals surface area contributed by atoms with Crippen LogP contribution in [0.5, 0.6) is 0 Å². The van der Waals surface area contributed by atoms with Crippen LogP contribution in [-0.4, -0.2) is 37.6 Å². The molecule has 1 saturated heterocycles. The van der Waals surface area contributed by atoms with Gasteiger partial charge in [-0.25, -0.2) is 0 Å². The topological polar surface area (TPSA) is 63.9 Å². The maximum Gasteiger partial charge on any atom is 0.273 e. The lowest BCUT2D eigenvalue weighted by Gasteiger charge is -2.25. The first-order valence-corrected chi connectivity index (χ1v) is 11.5. The lowest BCUT2D eigenvalue weighted by Crippen LogP contribution is -2.32. The summed E-state index contributed by atoms with van der Waals surface area (Å²) in [6.45, 7) is 0.728. The second-order valence-electron chi connectivity index (χ2n) is 7.00. The second kappa shape index (κ2) is 8.33. The van der Waals surface area contributed by atoms with Crippen LogP contribution in [-0.2, 0) is 4.79 Å². The Labute approximate surface area is 182 Å². The van der Waals surface area contributed by atoms with Crippen molar-refractivity contribution in [3.05, 3.63) is 75.1 Å². The van der Waals surface area contributed by atoms with Crippen LogP contribution < -0.4 is 0 Å². The van der Waals surface area contributed by atoms with Crippen molar-refractivity contribution in [3.63, 3.8) is 0 Å². The number of carbonyl (C=O) groups is 1. The standard InChI is InChI=1S/C22H19N5OS2/c28-22(26-12-4-10-18(26)20-11-6-14-30-20)19(15-17-9-5-13-29-17)27-21(23-24-25-27)16-7-2-1-3-8-16/h1-3,5-9,11,13-15,18H,4,10,12H2/b19-15+. The number of likely N-dealkylation sites (tertiary alicyclic amines) is 1. The third-order valence-corrected chi connectivity index (χ3v) is 6.95. The van der Waals surface area contributed by atoms with Crippen LogP contribution >= 0.6 is 22.7 Å². The van der Waals surface area contributed by atoms with Gasteiger partial charge in [0.15, 0.2) is 5.82 Å². The third kappa shape index (κ3) is 3.59. The summed E-state index contributed by atoms with van der Waals surface area (Å²) in [4.78, 5) is 18.0.